The molecule has 3 heteroatoms. The highest BCUT2D eigenvalue weighted by Gasteiger charge is 2.25. The van der Waals surface area contributed by atoms with Crippen molar-refractivity contribution >= 4 is 0 Å². The van der Waals surface area contributed by atoms with Crippen molar-refractivity contribution in [3.05, 3.63) is 0 Å². The van der Waals surface area contributed by atoms with Crippen LogP contribution in [0.2, 0.25) is 0 Å². The first-order chi connectivity index (χ1) is 7.30. The second kappa shape index (κ2) is 6.81. The summed E-state index contributed by atoms with van der Waals surface area (Å²) in [6.45, 7) is 7.49. The minimum Gasteiger partial charge on any atom is -0.301 e. The Balaban J connectivity index is 2.28. The Hall–Kier alpha value is -0.590. The molecule has 0 aromatic rings. The van der Waals surface area contributed by atoms with Crippen molar-refractivity contribution in [1.82, 2.24) is 10.2 Å². The zero-order valence-electron chi connectivity index (χ0n) is 10.00. The second-order valence-electron chi connectivity index (χ2n) is 4.42. The van der Waals surface area contributed by atoms with Crippen LogP contribution in [0.15, 0.2) is 0 Å². The molecule has 1 rings (SSSR count). The SMILES string of the molecule is CCCN(CCC)CC(C#N)NC1CC1. The molecular weight excluding hydrogens is 186 g/mol. The Labute approximate surface area is 93.5 Å². The van der Waals surface area contributed by atoms with E-state index in [1.54, 1.807) is 0 Å². The number of hydrogen-bond acceptors (Lipinski definition) is 3. The summed E-state index contributed by atoms with van der Waals surface area (Å²) in [5.41, 5.74) is 0. The molecule has 86 valence electrons. The van der Waals surface area contributed by atoms with Gasteiger partial charge in [-0.1, -0.05) is 13.8 Å². The molecule has 3 nitrogen and oxygen atoms in total. The van der Waals surface area contributed by atoms with E-state index in [1.807, 2.05) is 0 Å². The molecule has 1 N–H and O–H groups in total. The molecule has 0 aliphatic heterocycles. The summed E-state index contributed by atoms with van der Waals surface area (Å²) >= 11 is 0. The molecule has 1 fully saturated rings. The first-order valence-corrected chi connectivity index (χ1v) is 6.18. The average Bonchev–Trinajstić information content (AvgIpc) is 3.01. The van der Waals surface area contributed by atoms with Gasteiger partial charge in [-0.15, -0.1) is 0 Å². The summed E-state index contributed by atoms with van der Waals surface area (Å²) in [6, 6.07) is 3.02. The van der Waals surface area contributed by atoms with Gasteiger partial charge in [0.2, 0.25) is 0 Å². The quantitative estimate of drug-likeness (QED) is 0.662. The van der Waals surface area contributed by atoms with E-state index >= 15 is 0 Å². The molecule has 1 atom stereocenters. The molecule has 0 bridgehead atoms. The number of nitrogens with one attached hydrogen (secondary N) is 1. The number of rotatable bonds is 8. The minimum absolute atomic E-state index is 0.0237. The van der Waals surface area contributed by atoms with Crippen LogP contribution in [0, 0.1) is 11.3 Å². The Morgan fingerprint density at radius 2 is 1.93 bits per heavy atom. The molecule has 0 aromatic carbocycles. The fraction of sp³-hybridized carbons (Fsp3) is 0.917. The van der Waals surface area contributed by atoms with Gasteiger partial charge >= 0.3 is 0 Å². The maximum atomic E-state index is 9.05. The first-order valence-electron chi connectivity index (χ1n) is 6.18. The highest BCUT2D eigenvalue weighted by Crippen LogP contribution is 2.19. The van der Waals surface area contributed by atoms with Crippen LogP contribution < -0.4 is 5.32 Å². The maximum Gasteiger partial charge on any atom is 0.108 e. The Morgan fingerprint density at radius 1 is 1.33 bits per heavy atom. The summed E-state index contributed by atoms with van der Waals surface area (Å²) in [5, 5.41) is 12.4. The van der Waals surface area contributed by atoms with Crippen LogP contribution in [0.4, 0.5) is 0 Å². The van der Waals surface area contributed by atoms with Gasteiger partial charge in [0.25, 0.3) is 0 Å². The van der Waals surface area contributed by atoms with Crippen LogP contribution in [-0.4, -0.2) is 36.6 Å². The Kier molecular flexibility index (Phi) is 5.67. The van der Waals surface area contributed by atoms with E-state index < -0.39 is 0 Å². The zero-order valence-corrected chi connectivity index (χ0v) is 10.00. The highest BCUT2D eigenvalue weighted by molar-refractivity contribution is 4.97. The third-order valence-electron chi connectivity index (χ3n) is 2.69. The van der Waals surface area contributed by atoms with E-state index in [0.29, 0.717) is 6.04 Å². The van der Waals surface area contributed by atoms with Gasteiger partial charge in [-0.05, 0) is 38.8 Å². The third-order valence-corrected chi connectivity index (χ3v) is 2.69. The smallest absolute Gasteiger partial charge is 0.108 e. The van der Waals surface area contributed by atoms with E-state index in [4.69, 9.17) is 5.26 Å². The molecule has 1 unspecified atom stereocenters. The summed E-state index contributed by atoms with van der Waals surface area (Å²) in [7, 11) is 0. The van der Waals surface area contributed by atoms with Crippen molar-refractivity contribution in [2.45, 2.75) is 51.6 Å². The zero-order chi connectivity index (χ0) is 11.1. The van der Waals surface area contributed by atoms with Crippen LogP contribution in [0.3, 0.4) is 0 Å². The first kappa shape index (κ1) is 12.5. The standard InChI is InChI=1S/C12H23N3/c1-3-7-15(8-4-2)10-12(9-13)14-11-5-6-11/h11-12,14H,3-8,10H2,1-2H3. The molecule has 0 aromatic heterocycles. The fourth-order valence-electron chi connectivity index (χ4n) is 1.85. The number of nitriles is 1. The molecule has 0 saturated heterocycles. The summed E-state index contributed by atoms with van der Waals surface area (Å²) in [4.78, 5) is 2.39. The van der Waals surface area contributed by atoms with Crippen LogP contribution >= 0.6 is 0 Å². The molecule has 0 radical (unpaired) electrons. The molecule has 15 heavy (non-hydrogen) atoms. The van der Waals surface area contributed by atoms with Gasteiger partial charge < -0.3 is 4.90 Å². The van der Waals surface area contributed by atoms with E-state index in [-0.39, 0.29) is 6.04 Å². The highest BCUT2D eigenvalue weighted by atomic mass is 15.2. The summed E-state index contributed by atoms with van der Waals surface area (Å²) in [5.74, 6) is 0. The van der Waals surface area contributed by atoms with Crippen LogP contribution in [0.1, 0.15) is 39.5 Å². The Bertz CT molecular complexity index is 199. The van der Waals surface area contributed by atoms with Gasteiger partial charge in [0.15, 0.2) is 0 Å². The van der Waals surface area contributed by atoms with Gasteiger partial charge in [0, 0.05) is 12.6 Å². The maximum absolute atomic E-state index is 9.05. The predicted molar refractivity (Wildman–Crippen MR) is 62.6 cm³/mol. The number of hydrogen-bond donors (Lipinski definition) is 1. The fourth-order valence-corrected chi connectivity index (χ4v) is 1.85. The second-order valence-corrected chi connectivity index (χ2v) is 4.42. The van der Waals surface area contributed by atoms with E-state index in [2.05, 4.69) is 30.1 Å². The van der Waals surface area contributed by atoms with Crippen molar-refractivity contribution in [3.63, 3.8) is 0 Å². The summed E-state index contributed by atoms with van der Waals surface area (Å²) < 4.78 is 0. The minimum atomic E-state index is 0.0237. The molecular formula is C12H23N3. The number of nitrogens with zero attached hydrogens (tertiary/aromatic N) is 2. The van der Waals surface area contributed by atoms with Gasteiger partial charge in [-0.25, -0.2) is 0 Å². The third kappa shape index (κ3) is 5.15. The van der Waals surface area contributed by atoms with E-state index in [0.717, 1.165) is 19.6 Å². The van der Waals surface area contributed by atoms with E-state index in [1.165, 1.54) is 25.7 Å². The van der Waals surface area contributed by atoms with E-state index in [9.17, 15) is 0 Å². The Morgan fingerprint density at radius 3 is 2.33 bits per heavy atom. The molecule has 0 heterocycles. The largest absolute Gasteiger partial charge is 0.301 e. The average molecular weight is 209 g/mol. The molecule has 1 saturated carbocycles. The normalized spacial score (nSPS) is 17.7. The lowest BCUT2D eigenvalue weighted by molar-refractivity contribution is 0.257. The summed E-state index contributed by atoms with van der Waals surface area (Å²) in [6.07, 6.45) is 4.84. The molecule has 1 aliphatic rings. The lowest BCUT2D eigenvalue weighted by Crippen LogP contribution is -2.41. The molecule has 1 aliphatic carbocycles. The van der Waals surface area contributed by atoms with Crippen LogP contribution in [0.5, 0.6) is 0 Å². The molecule has 0 amide bonds. The molecule has 0 spiro atoms. The topological polar surface area (TPSA) is 39.1 Å². The van der Waals surface area contributed by atoms with Crippen molar-refractivity contribution in [3.8, 4) is 6.07 Å². The van der Waals surface area contributed by atoms with Gasteiger partial charge in [-0.2, -0.15) is 5.26 Å². The lowest BCUT2D eigenvalue weighted by Gasteiger charge is -2.23. The predicted octanol–water partition coefficient (Wildman–Crippen LogP) is 1.75. The monoisotopic (exact) mass is 209 g/mol. The van der Waals surface area contributed by atoms with Crippen molar-refractivity contribution in [2.75, 3.05) is 19.6 Å². The van der Waals surface area contributed by atoms with Crippen LogP contribution in [0.25, 0.3) is 0 Å². The van der Waals surface area contributed by atoms with Crippen molar-refractivity contribution in [2.24, 2.45) is 0 Å². The van der Waals surface area contributed by atoms with Gasteiger partial charge in [0.1, 0.15) is 6.04 Å². The van der Waals surface area contributed by atoms with Crippen LogP contribution in [-0.2, 0) is 0 Å². The van der Waals surface area contributed by atoms with Crippen molar-refractivity contribution in [1.29, 1.82) is 5.26 Å². The van der Waals surface area contributed by atoms with Gasteiger partial charge in [-0.3, -0.25) is 5.32 Å². The van der Waals surface area contributed by atoms with Crippen molar-refractivity contribution < 1.29 is 0 Å². The van der Waals surface area contributed by atoms with Gasteiger partial charge in [0.05, 0.1) is 6.07 Å². The lowest BCUT2D eigenvalue weighted by atomic mass is 10.2.